The molecule has 1 aliphatic carbocycles. The minimum Gasteiger partial charge on any atom is -0.283 e. The molecule has 6 aromatic heterocycles. The van der Waals surface area contributed by atoms with Crippen molar-refractivity contribution in [2.24, 2.45) is 0 Å². The molecule has 0 spiro atoms. The first-order valence-electron chi connectivity index (χ1n) is 12.0. The van der Waals surface area contributed by atoms with Gasteiger partial charge in [-0.3, -0.25) is 9.59 Å². The lowest BCUT2D eigenvalue weighted by atomic mass is 10.1. The molecule has 8 aromatic rings. The predicted octanol–water partition coefficient (Wildman–Crippen LogP) is 12.1. The van der Waals surface area contributed by atoms with Crippen molar-refractivity contribution in [1.82, 2.24) is 0 Å². The Kier molecular flexibility index (Phi) is 7.08. The van der Waals surface area contributed by atoms with Gasteiger partial charge < -0.3 is 0 Å². The molecule has 0 amide bonds. The molecule has 2 nitrogen and oxygen atoms in total. The summed E-state index contributed by atoms with van der Waals surface area (Å²) in [7, 11) is 0. The summed E-state index contributed by atoms with van der Waals surface area (Å²) in [4.78, 5) is 20.4. The molecule has 0 unspecified atom stereocenters. The van der Waals surface area contributed by atoms with Gasteiger partial charge in [-0.25, -0.2) is 0 Å². The van der Waals surface area contributed by atoms with Gasteiger partial charge in [-0.1, -0.05) is 0 Å². The van der Waals surface area contributed by atoms with Crippen LogP contribution in [0.4, 0.5) is 17.6 Å². The first kappa shape index (κ1) is 27.6. The molecule has 0 saturated heterocycles. The van der Waals surface area contributed by atoms with Crippen molar-refractivity contribution < 1.29 is 27.2 Å². The Morgan fingerprint density at radius 3 is 0.667 bits per heavy atom. The number of Topliss-reactive ketones (excluding diaryl/α,β-unsaturated/α-hetero) is 2. The number of benzene rings is 2. The van der Waals surface area contributed by atoms with Crippen molar-refractivity contribution in [3.8, 4) is 0 Å². The quantitative estimate of drug-likeness (QED) is 0.119. The highest BCUT2D eigenvalue weighted by atomic mass is 32.1. The van der Waals surface area contributed by atoms with Gasteiger partial charge in [0.2, 0.25) is 23.3 Å². The van der Waals surface area contributed by atoms with Gasteiger partial charge in [0.25, 0.3) is 11.6 Å². The number of hydrogen-bond acceptors (Lipinski definition) is 8. The molecule has 0 fully saturated rings. The van der Waals surface area contributed by atoms with Crippen LogP contribution < -0.4 is 0 Å². The highest BCUT2D eigenvalue weighted by Crippen LogP contribution is 2.43. The fraction of sp³-hybridized carbons (Fsp3) is 0. The van der Waals surface area contributed by atoms with E-state index in [-0.39, 0.29) is 0 Å². The van der Waals surface area contributed by atoms with Crippen molar-refractivity contribution in [1.29, 1.82) is 0 Å². The molecule has 0 atom stereocenters. The zero-order valence-corrected chi connectivity index (χ0v) is 25.6. The summed E-state index contributed by atoms with van der Waals surface area (Å²) in [6.45, 7) is 0. The van der Waals surface area contributed by atoms with Crippen LogP contribution in [-0.2, 0) is 9.59 Å². The predicted molar refractivity (Wildman–Crippen MR) is 174 cm³/mol. The van der Waals surface area contributed by atoms with Crippen molar-refractivity contribution in [3.05, 3.63) is 92.0 Å². The number of allylic oxidation sites excluding steroid dienone is 4. The van der Waals surface area contributed by atoms with E-state index in [0.29, 0.717) is 0 Å². The maximum atomic E-state index is 12.1. The van der Waals surface area contributed by atoms with E-state index >= 15 is 0 Å². The van der Waals surface area contributed by atoms with Gasteiger partial charge in [0.15, 0.2) is 0 Å². The molecular weight excluding hydrogens is 661 g/mol. The van der Waals surface area contributed by atoms with Crippen molar-refractivity contribution in [3.63, 3.8) is 0 Å². The normalized spacial score (nSPS) is 14.1. The van der Waals surface area contributed by atoms with Crippen molar-refractivity contribution in [2.75, 3.05) is 0 Å². The molecule has 2 aromatic carbocycles. The van der Waals surface area contributed by atoms with Crippen LogP contribution in [0.2, 0.25) is 0 Å². The Hall–Kier alpha value is -3.26. The number of carbonyl (C=O) groups is 2. The monoisotopic (exact) mass is 672 g/mol. The minimum absolute atomic E-state index is 1.43. The molecular formula is C30H12F4O2S6. The zero-order valence-electron chi connectivity index (χ0n) is 20.7. The summed E-state index contributed by atoms with van der Waals surface area (Å²) in [6, 6.07) is 13.5. The summed E-state index contributed by atoms with van der Waals surface area (Å²) in [5.74, 6) is -12.9. The van der Waals surface area contributed by atoms with E-state index in [1.165, 1.54) is 60.5 Å². The minimum atomic E-state index is -2.20. The highest BCUT2D eigenvalue weighted by Gasteiger charge is 2.36. The third-order valence-corrected chi connectivity index (χ3v) is 12.3. The zero-order chi connectivity index (χ0) is 29.1. The first-order chi connectivity index (χ1) is 20.4. The van der Waals surface area contributed by atoms with E-state index in [1.54, 1.807) is 0 Å². The first-order valence-corrected chi connectivity index (χ1v) is 17.3. The number of rotatable bonds is 0. The van der Waals surface area contributed by atoms with Gasteiger partial charge in [0.1, 0.15) is 0 Å². The van der Waals surface area contributed by atoms with E-state index in [1.807, 2.05) is 68.0 Å². The topological polar surface area (TPSA) is 34.1 Å². The average Bonchev–Trinajstić information content (AvgIpc) is 3.83. The van der Waals surface area contributed by atoms with Gasteiger partial charge in [0, 0.05) is 60.5 Å². The Morgan fingerprint density at radius 1 is 0.333 bits per heavy atom. The maximum absolute atomic E-state index is 12.1. The Bertz CT molecular complexity index is 1820. The van der Waals surface area contributed by atoms with E-state index in [9.17, 15) is 27.2 Å². The lowest BCUT2D eigenvalue weighted by Gasteiger charge is -2.03. The fourth-order valence-corrected chi connectivity index (χ4v) is 10.8. The van der Waals surface area contributed by atoms with Gasteiger partial charge >= 0.3 is 0 Å². The van der Waals surface area contributed by atoms with Crippen LogP contribution in [0.3, 0.4) is 0 Å². The van der Waals surface area contributed by atoms with E-state index in [0.717, 1.165) is 0 Å². The van der Waals surface area contributed by atoms with Gasteiger partial charge in [-0.2, -0.15) is 17.6 Å². The third kappa shape index (κ3) is 4.28. The summed E-state index contributed by atoms with van der Waals surface area (Å²) in [5.41, 5.74) is 0. The van der Waals surface area contributed by atoms with Gasteiger partial charge in [0.05, 0.1) is 0 Å². The second-order valence-electron chi connectivity index (χ2n) is 8.89. The van der Waals surface area contributed by atoms with Crippen LogP contribution in [0.5, 0.6) is 0 Å². The highest BCUT2D eigenvalue weighted by molar-refractivity contribution is 7.26. The summed E-state index contributed by atoms with van der Waals surface area (Å²) < 4.78 is 57.2. The second-order valence-corrected chi connectivity index (χ2v) is 14.4. The molecule has 0 aliphatic heterocycles. The molecule has 0 bridgehead atoms. The van der Waals surface area contributed by atoms with Crippen molar-refractivity contribution >= 4 is 140 Å². The second kappa shape index (κ2) is 10.8. The molecule has 6 heterocycles. The maximum Gasteiger partial charge on any atom is 0.256 e. The number of ketones is 2. The van der Waals surface area contributed by atoms with Crippen LogP contribution in [-0.4, -0.2) is 11.6 Å². The molecule has 1 aliphatic rings. The van der Waals surface area contributed by atoms with Crippen LogP contribution >= 0.6 is 68.0 Å². The van der Waals surface area contributed by atoms with Crippen LogP contribution in [0, 0.1) is 0 Å². The Balaban J connectivity index is 0.000000104. The van der Waals surface area contributed by atoms with E-state index in [2.05, 4.69) is 68.7 Å². The standard InChI is InChI=1S/2C12H6S3.C6F4O2/c2*1-4-13-10-7(1)11-9(2-5-14-11)12-8(10)3-6-15-12;7-1-2(8)6(12)4(10)3(9)5(1)11/h2*1-6H;. The average molecular weight is 673 g/mol. The summed E-state index contributed by atoms with van der Waals surface area (Å²) in [6.07, 6.45) is 0. The lowest BCUT2D eigenvalue weighted by molar-refractivity contribution is -0.120. The molecule has 0 radical (unpaired) electrons. The third-order valence-electron chi connectivity index (χ3n) is 6.64. The largest absolute Gasteiger partial charge is 0.283 e. The van der Waals surface area contributed by atoms with E-state index < -0.39 is 34.9 Å². The van der Waals surface area contributed by atoms with E-state index in [4.69, 9.17) is 0 Å². The SMILES string of the molecule is O=C1C(F)=C(F)C(=O)C(F)=C1F.c1cc2c(s1)c1ccsc1c1ccsc21.c1cc2c(s1)c1ccsc1c1ccsc21. The number of carbonyl (C=O) groups excluding carboxylic acids is 2. The molecule has 208 valence electrons. The number of hydrogen-bond donors (Lipinski definition) is 0. The molecule has 42 heavy (non-hydrogen) atoms. The molecule has 12 heteroatoms. The Morgan fingerprint density at radius 2 is 0.500 bits per heavy atom. The molecule has 9 rings (SSSR count). The Labute approximate surface area is 257 Å². The lowest BCUT2D eigenvalue weighted by Crippen LogP contribution is -2.16. The number of fused-ring (bicyclic) bond motifs is 12. The van der Waals surface area contributed by atoms with Crippen molar-refractivity contribution in [2.45, 2.75) is 0 Å². The van der Waals surface area contributed by atoms with Crippen LogP contribution in [0.15, 0.2) is 92.0 Å². The number of halogens is 4. The van der Waals surface area contributed by atoms with Crippen LogP contribution in [0.1, 0.15) is 0 Å². The van der Waals surface area contributed by atoms with Gasteiger partial charge in [-0.05, 0) is 68.7 Å². The molecule has 0 N–H and O–H groups in total. The van der Waals surface area contributed by atoms with Gasteiger partial charge in [-0.15, -0.1) is 68.0 Å². The smallest absolute Gasteiger partial charge is 0.256 e. The fourth-order valence-electron chi connectivity index (χ4n) is 4.77. The summed E-state index contributed by atoms with van der Waals surface area (Å²) in [5, 5.41) is 21.7. The van der Waals surface area contributed by atoms with Crippen LogP contribution in [0.25, 0.3) is 60.5 Å². The molecule has 0 saturated carbocycles. The summed E-state index contributed by atoms with van der Waals surface area (Å²) >= 11 is 11.1. The number of thiophene rings is 6.